The Morgan fingerprint density at radius 2 is 0.465 bits per heavy atom. The minimum atomic E-state index is 0.552. The van der Waals surface area contributed by atoms with E-state index in [1.54, 1.807) is 0 Å². The zero-order valence-electron chi connectivity index (χ0n) is 67.7. The number of hydrogen-bond acceptors (Lipinski definition) is 4. The summed E-state index contributed by atoms with van der Waals surface area (Å²) < 4.78 is 0. The van der Waals surface area contributed by atoms with Crippen LogP contribution >= 0.6 is 0 Å². The fraction of sp³-hybridized carbons (Fsp3) is 0.789. The van der Waals surface area contributed by atoms with Gasteiger partial charge in [-0.25, -0.2) is 0 Å². The van der Waals surface area contributed by atoms with Crippen LogP contribution in [-0.4, -0.2) is 91.2 Å². The summed E-state index contributed by atoms with van der Waals surface area (Å²) in [5.74, 6) is 0. The lowest BCUT2D eigenvalue weighted by atomic mass is 10.1. The third kappa shape index (κ3) is 70.7. The molecule has 1 unspecified atom stereocenters. The van der Waals surface area contributed by atoms with Crippen molar-refractivity contribution in [2.45, 2.75) is 420 Å². The Bertz CT molecular complexity index is 1830. The van der Waals surface area contributed by atoms with Gasteiger partial charge >= 0.3 is 0 Å². The fourth-order valence-corrected chi connectivity index (χ4v) is 14.1. The number of piperazine rings is 1. The Balaban J connectivity index is 3.10. The highest BCUT2D eigenvalue weighted by Crippen LogP contribution is 2.22. The molecule has 99 heavy (non-hydrogen) atoms. The van der Waals surface area contributed by atoms with Crippen molar-refractivity contribution in [3.8, 4) is 0 Å². The van der Waals surface area contributed by atoms with Crippen molar-refractivity contribution in [2.75, 3.05) is 65.4 Å². The lowest BCUT2D eigenvalue weighted by Gasteiger charge is -2.47. The quantitative estimate of drug-likeness (QED) is 0.0444. The smallest absolute Gasteiger partial charge is 0.0754 e. The first-order valence-corrected chi connectivity index (χ1v) is 44.6. The summed E-state index contributed by atoms with van der Waals surface area (Å²) in [6.07, 6.45) is 127. The first kappa shape index (κ1) is 94.3. The summed E-state index contributed by atoms with van der Waals surface area (Å²) in [6.45, 7) is 24.1. The maximum Gasteiger partial charge on any atom is 0.0754 e. The molecule has 0 saturated carbocycles. The monoisotopic (exact) mass is 1370 g/mol. The van der Waals surface area contributed by atoms with Crippen molar-refractivity contribution < 1.29 is 0 Å². The van der Waals surface area contributed by atoms with Crippen LogP contribution in [0.5, 0.6) is 0 Å². The van der Waals surface area contributed by atoms with Gasteiger partial charge in [0.05, 0.1) is 6.17 Å². The topological polar surface area (TPSA) is 13.0 Å². The molecule has 1 rings (SSSR count). The lowest BCUT2D eigenvalue weighted by Crippen LogP contribution is -2.61. The SMILES string of the molecule is CCCCC=CCC=CCCCCCCCCN(CCCCCCCCC=CCC=CCCCCC)CCN1CCN(CCCCCCCCC=CCC=CCCCCC)C(N(CCCCCCCCC=CCC=CCCCCC)CCCCCCCCC=CCC=CCCCCC)C1. The van der Waals surface area contributed by atoms with Crippen LogP contribution in [0.3, 0.4) is 0 Å². The van der Waals surface area contributed by atoms with Crippen molar-refractivity contribution in [3.63, 3.8) is 0 Å². The maximum absolute atomic E-state index is 3.05. The predicted octanol–water partition coefficient (Wildman–Crippen LogP) is 30.2. The number of nitrogens with zero attached hydrogens (tertiary/aromatic N) is 4. The summed E-state index contributed by atoms with van der Waals surface area (Å²) in [7, 11) is 0. The number of rotatable bonds is 78. The molecule has 0 bridgehead atoms. The van der Waals surface area contributed by atoms with Crippen LogP contribution in [0.2, 0.25) is 0 Å². The van der Waals surface area contributed by atoms with E-state index in [-0.39, 0.29) is 0 Å². The van der Waals surface area contributed by atoms with Gasteiger partial charge in [0.25, 0.3) is 0 Å². The average molecular weight is 1370 g/mol. The fourth-order valence-electron chi connectivity index (χ4n) is 14.1. The van der Waals surface area contributed by atoms with Crippen molar-refractivity contribution in [2.24, 2.45) is 0 Å². The third-order valence-corrected chi connectivity index (χ3v) is 20.7. The molecule has 574 valence electrons. The number of allylic oxidation sites excluding steroid dienone is 20. The van der Waals surface area contributed by atoms with E-state index in [1.165, 1.54) is 412 Å². The Morgan fingerprint density at radius 1 is 0.222 bits per heavy atom. The molecule has 1 aliphatic heterocycles. The van der Waals surface area contributed by atoms with Crippen LogP contribution in [0, 0.1) is 0 Å². The predicted molar refractivity (Wildman–Crippen MR) is 452 cm³/mol. The van der Waals surface area contributed by atoms with Gasteiger partial charge in [0.15, 0.2) is 0 Å². The van der Waals surface area contributed by atoms with E-state index in [4.69, 9.17) is 0 Å². The minimum Gasteiger partial charge on any atom is -0.302 e. The molecule has 0 amide bonds. The van der Waals surface area contributed by atoms with Gasteiger partial charge in [0.1, 0.15) is 0 Å². The summed E-state index contributed by atoms with van der Waals surface area (Å²) in [6, 6.07) is 0. The summed E-state index contributed by atoms with van der Waals surface area (Å²) in [5.41, 5.74) is 0. The van der Waals surface area contributed by atoms with E-state index < -0.39 is 0 Å². The molecule has 0 aromatic heterocycles. The van der Waals surface area contributed by atoms with Gasteiger partial charge in [0, 0.05) is 32.7 Å². The van der Waals surface area contributed by atoms with Crippen molar-refractivity contribution in [1.82, 2.24) is 19.6 Å². The minimum absolute atomic E-state index is 0.552. The molecule has 4 heteroatoms. The summed E-state index contributed by atoms with van der Waals surface area (Å²) >= 11 is 0. The van der Waals surface area contributed by atoms with E-state index >= 15 is 0 Å². The molecule has 0 radical (unpaired) electrons. The van der Waals surface area contributed by atoms with Crippen LogP contribution in [0.15, 0.2) is 122 Å². The Kier molecular flexibility index (Phi) is 78.6. The Labute approximate surface area is 622 Å². The molecule has 4 nitrogen and oxygen atoms in total. The second-order valence-electron chi connectivity index (χ2n) is 30.3. The first-order valence-electron chi connectivity index (χ1n) is 44.6. The van der Waals surface area contributed by atoms with Crippen molar-refractivity contribution in [1.29, 1.82) is 0 Å². The molecule has 1 atom stereocenters. The molecule has 1 saturated heterocycles. The van der Waals surface area contributed by atoms with Crippen LogP contribution in [-0.2, 0) is 0 Å². The molecule has 0 spiro atoms. The van der Waals surface area contributed by atoms with Gasteiger partial charge in [0.2, 0.25) is 0 Å². The van der Waals surface area contributed by atoms with Crippen LogP contribution in [0.1, 0.15) is 413 Å². The highest BCUT2D eigenvalue weighted by molar-refractivity contribution is 4.97. The number of hydrogen-bond donors (Lipinski definition) is 0. The lowest BCUT2D eigenvalue weighted by molar-refractivity contribution is -0.0267. The second-order valence-corrected chi connectivity index (χ2v) is 30.3. The molecule has 0 aromatic rings. The van der Waals surface area contributed by atoms with Gasteiger partial charge in [-0.15, -0.1) is 0 Å². The van der Waals surface area contributed by atoms with Crippen LogP contribution < -0.4 is 0 Å². The van der Waals surface area contributed by atoms with Gasteiger partial charge in [-0.1, -0.05) is 349 Å². The van der Waals surface area contributed by atoms with E-state index in [2.05, 4.69) is 176 Å². The van der Waals surface area contributed by atoms with Gasteiger partial charge in [-0.3, -0.25) is 14.7 Å². The van der Waals surface area contributed by atoms with Crippen molar-refractivity contribution in [3.05, 3.63) is 122 Å². The van der Waals surface area contributed by atoms with E-state index in [0.717, 1.165) is 32.1 Å². The normalized spacial score (nSPS) is 14.8. The molecule has 1 aliphatic rings. The van der Waals surface area contributed by atoms with Crippen LogP contribution in [0.25, 0.3) is 0 Å². The highest BCUT2D eigenvalue weighted by atomic mass is 15.4. The number of unbranched alkanes of at least 4 members (excludes halogenated alkanes) is 44. The standard InChI is InChI=1S/C95H174N4/c1-6-11-16-21-26-31-36-41-46-51-56-61-66-71-76-81-86-96(85-80-75-70-65-60-55-50-45-40-35-30-25-20-15-10-5)90-91-97-92-93-99(89-84-79-74-69-64-59-54-49-44-39-34-29-24-19-14-9-4)95(94-97)98(87-82-77-72-67-62-57-52-47-42-37-32-27-22-17-12-7-2)88-83-78-73-68-63-58-53-48-43-38-33-28-23-18-13-8-3/h25-34,40-49,95H,6-24,35-39,50-94H2,1-5H3. The molecular weight excluding hydrogens is 1200 g/mol. The molecule has 0 aromatic carbocycles. The molecule has 0 aliphatic carbocycles. The van der Waals surface area contributed by atoms with E-state index in [9.17, 15) is 0 Å². The van der Waals surface area contributed by atoms with E-state index in [1.807, 2.05) is 0 Å². The molecule has 0 N–H and O–H groups in total. The van der Waals surface area contributed by atoms with Crippen molar-refractivity contribution >= 4 is 0 Å². The first-order chi connectivity index (χ1) is 49.2. The highest BCUT2D eigenvalue weighted by Gasteiger charge is 2.31. The zero-order valence-corrected chi connectivity index (χ0v) is 67.7. The van der Waals surface area contributed by atoms with Gasteiger partial charge in [-0.05, 0) is 219 Å². The van der Waals surface area contributed by atoms with Gasteiger partial charge < -0.3 is 4.90 Å². The largest absolute Gasteiger partial charge is 0.302 e. The zero-order chi connectivity index (χ0) is 70.8. The average Bonchev–Trinajstić information content (AvgIpc) is 0.910. The Hall–Kier alpha value is -2.76. The van der Waals surface area contributed by atoms with Crippen LogP contribution in [0.4, 0.5) is 0 Å². The van der Waals surface area contributed by atoms with E-state index in [0.29, 0.717) is 6.17 Å². The van der Waals surface area contributed by atoms with Gasteiger partial charge in [-0.2, -0.15) is 0 Å². The molecule has 1 fully saturated rings. The second kappa shape index (κ2) is 82.5. The summed E-state index contributed by atoms with van der Waals surface area (Å²) in [5, 5.41) is 0. The maximum atomic E-state index is 3.05. The summed E-state index contributed by atoms with van der Waals surface area (Å²) in [4.78, 5) is 11.9. The third-order valence-electron chi connectivity index (χ3n) is 20.7. The molecular formula is C95H174N4. The molecule has 1 heterocycles. The Morgan fingerprint density at radius 3 is 0.758 bits per heavy atom.